The van der Waals surface area contributed by atoms with Crippen LogP contribution in [-0.2, 0) is 6.18 Å². The lowest BCUT2D eigenvalue weighted by atomic mass is 10.1. The molecular formula is C21H20F4N2O2. The Balaban J connectivity index is 1.54. The molecule has 1 N–H and O–H groups in total. The number of halogens is 4. The lowest BCUT2D eigenvalue weighted by molar-refractivity contribution is -0.137. The zero-order valence-electron chi connectivity index (χ0n) is 15.5. The predicted molar refractivity (Wildman–Crippen MR) is 99.6 cm³/mol. The van der Waals surface area contributed by atoms with E-state index in [9.17, 15) is 22.4 Å². The zero-order chi connectivity index (χ0) is 20.6. The first-order chi connectivity index (χ1) is 13.8. The van der Waals surface area contributed by atoms with E-state index in [-0.39, 0.29) is 17.6 Å². The number of alkyl halides is 3. The molecule has 2 aromatic rings. The first-order valence-electron chi connectivity index (χ1n) is 9.50. The molecule has 29 heavy (non-hydrogen) atoms. The Kier molecular flexibility index (Phi) is 5.10. The van der Waals surface area contributed by atoms with Crippen LogP contribution in [-0.4, -0.2) is 31.1 Å². The van der Waals surface area contributed by atoms with Gasteiger partial charge < -0.3 is 15.0 Å². The van der Waals surface area contributed by atoms with Crippen LogP contribution in [0.1, 0.15) is 35.2 Å². The maximum atomic E-state index is 13.7. The second-order valence-corrected chi connectivity index (χ2v) is 7.31. The standard InChI is InChI=1S/C21H20F4N2O2/c22-15-11-13(10-14(12-15)21(23,24)25)20(28)26-16-4-3-6-17(16)27-8-9-29-19-7-2-1-5-18(19)27/h1-2,5,7,10-12,16-17H,3-4,6,8-9H2,(H,26,28)/t16-,17-/m1/s1. The molecule has 2 atom stereocenters. The predicted octanol–water partition coefficient (Wildman–Crippen LogP) is 4.39. The number of carbonyl (C=O) groups excluding carboxylic acids is 1. The topological polar surface area (TPSA) is 41.6 Å². The average Bonchev–Trinajstić information content (AvgIpc) is 3.14. The Morgan fingerprint density at radius 2 is 1.93 bits per heavy atom. The molecule has 2 aromatic carbocycles. The van der Waals surface area contributed by atoms with Gasteiger partial charge in [-0.3, -0.25) is 4.79 Å². The normalized spacial score (nSPS) is 21.4. The van der Waals surface area contributed by atoms with E-state index in [4.69, 9.17) is 4.74 Å². The van der Waals surface area contributed by atoms with E-state index < -0.39 is 23.5 Å². The van der Waals surface area contributed by atoms with E-state index in [1.807, 2.05) is 24.3 Å². The quantitative estimate of drug-likeness (QED) is 0.766. The molecule has 1 saturated carbocycles. The fourth-order valence-corrected chi connectivity index (χ4v) is 4.15. The Bertz CT molecular complexity index is 916. The highest BCUT2D eigenvalue weighted by atomic mass is 19.4. The minimum Gasteiger partial charge on any atom is -0.490 e. The molecule has 0 aromatic heterocycles. The first kappa shape index (κ1) is 19.5. The van der Waals surface area contributed by atoms with E-state index in [2.05, 4.69) is 10.2 Å². The van der Waals surface area contributed by atoms with Crippen molar-refractivity contribution in [3.63, 3.8) is 0 Å². The Morgan fingerprint density at radius 3 is 2.72 bits per heavy atom. The number of fused-ring (bicyclic) bond motifs is 1. The maximum absolute atomic E-state index is 13.7. The molecule has 1 aliphatic carbocycles. The highest BCUT2D eigenvalue weighted by Gasteiger charge is 2.36. The van der Waals surface area contributed by atoms with Crippen molar-refractivity contribution in [1.82, 2.24) is 5.32 Å². The van der Waals surface area contributed by atoms with E-state index >= 15 is 0 Å². The Labute approximate surface area is 165 Å². The number of para-hydroxylation sites is 2. The summed E-state index contributed by atoms with van der Waals surface area (Å²) >= 11 is 0. The molecule has 1 amide bonds. The number of nitrogens with zero attached hydrogens (tertiary/aromatic N) is 1. The molecule has 2 aliphatic rings. The summed E-state index contributed by atoms with van der Waals surface area (Å²) in [6, 6.07) is 9.30. The monoisotopic (exact) mass is 408 g/mol. The van der Waals surface area contributed by atoms with Gasteiger partial charge in [-0.05, 0) is 49.6 Å². The van der Waals surface area contributed by atoms with Gasteiger partial charge in [0.15, 0.2) is 0 Å². The lowest BCUT2D eigenvalue weighted by Gasteiger charge is -2.38. The number of ether oxygens (including phenoxy) is 1. The van der Waals surface area contributed by atoms with Gasteiger partial charge in [-0.25, -0.2) is 4.39 Å². The summed E-state index contributed by atoms with van der Waals surface area (Å²) in [7, 11) is 0. The smallest absolute Gasteiger partial charge is 0.416 e. The van der Waals surface area contributed by atoms with Gasteiger partial charge in [0, 0.05) is 17.6 Å². The number of amides is 1. The summed E-state index contributed by atoms with van der Waals surface area (Å²) in [5, 5.41) is 2.82. The summed E-state index contributed by atoms with van der Waals surface area (Å²) < 4.78 is 58.2. The van der Waals surface area contributed by atoms with Crippen LogP contribution < -0.4 is 15.0 Å². The van der Waals surface area contributed by atoms with Crippen LogP contribution in [0.25, 0.3) is 0 Å². The third-order valence-electron chi connectivity index (χ3n) is 5.45. The molecule has 0 spiro atoms. The van der Waals surface area contributed by atoms with Crippen molar-refractivity contribution in [1.29, 1.82) is 0 Å². The molecule has 0 bridgehead atoms. The van der Waals surface area contributed by atoms with Gasteiger partial charge >= 0.3 is 6.18 Å². The Morgan fingerprint density at radius 1 is 1.14 bits per heavy atom. The number of rotatable bonds is 3. The summed E-state index contributed by atoms with van der Waals surface area (Å²) in [6.45, 7) is 1.18. The van der Waals surface area contributed by atoms with Crippen LogP contribution in [0.15, 0.2) is 42.5 Å². The molecule has 8 heteroatoms. The molecule has 4 rings (SSSR count). The molecule has 154 valence electrons. The third kappa shape index (κ3) is 4.02. The maximum Gasteiger partial charge on any atom is 0.416 e. The van der Waals surface area contributed by atoms with Crippen LogP contribution in [0.3, 0.4) is 0 Å². The van der Waals surface area contributed by atoms with E-state index in [1.54, 1.807) is 0 Å². The second kappa shape index (κ2) is 7.57. The van der Waals surface area contributed by atoms with Crippen molar-refractivity contribution >= 4 is 11.6 Å². The minimum atomic E-state index is -4.72. The average molecular weight is 408 g/mol. The molecule has 1 fully saturated rings. The second-order valence-electron chi connectivity index (χ2n) is 7.31. The summed E-state index contributed by atoms with van der Waals surface area (Å²) in [6.07, 6.45) is -2.29. The van der Waals surface area contributed by atoms with Crippen molar-refractivity contribution in [2.24, 2.45) is 0 Å². The van der Waals surface area contributed by atoms with Gasteiger partial charge in [0.05, 0.1) is 17.8 Å². The molecule has 0 saturated heterocycles. The summed E-state index contributed by atoms with van der Waals surface area (Å²) in [5.74, 6) is -1.01. The van der Waals surface area contributed by atoms with Gasteiger partial charge in [0.25, 0.3) is 5.91 Å². The van der Waals surface area contributed by atoms with Gasteiger partial charge in [0.2, 0.25) is 0 Å². The zero-order valence-corrected chi connectivity index (χ0v) is 15.5. The van der Waals surface area contributed by atoms with Crippen LogP contribution in [0.5, 0.6) is 5.75 Å². The van der Waals surface area contributed by atoms with Crippen LogP contribution in [0, 0.1) is 5.82 Å². The van der Waals surface area contributed by atoms with Crippen molar-refractivity contribution in [3.8, 4) is 5.75 Å². The number of anilines is 1. The van der Waals surface area contributed by atoms with Crippen molar-refractivity contribution in [3.05, 3.63) is 59.4 Å². The van der Waals surface area contributed by atoms with Crippen LogP contribution >= 0.6 is 0 Å². The number of hydrogen-bond acceptors (Lipinski definition) is 3. The number of benzene rings is 2. The molecule has 4 nitrogen and oxygen atoms in total. The first-order valence-corrected chi connectivity index (χ1v) is 9.50. The van der Waals surface area contributed by atoms with E-state index in [0.29, 0.717) is 31.7 Å². The highest BCUT2D eigenvalue weighted by molar-refractivity contribution is 5.94. The molecule has 1 heterocycles. The van der Waals surface area contributed by atoms with Crippen molar-refractivity contribution in [2.75, 3.05) is 18.1 Å². The van der Waals surface area contributed by atoms with Gasteiger partial charge in [-0.1, -0.05) is 12.1 Å². The largest absolute Gasteiger partial charge is 0.490 e. The molecule has 0 radical (unpaired) electrons. The van der Waals surface area contributed by atoms with Gasteiger partial charge in [-0.15, -0.1) is 0 Å². The fraction of sp³-hybridized carbons (Fsp3) is 0.381. The van der Waals surface area contributed by atoms with E-state index in [1.165, 1.54) is 0 Å². The van der Waals surface area contributed by atoms with Gasteiger partial charge in [-0.2, -0.15) is 13.2 Å². The van der Waals surface area contributed by atoms with Crippen LogP contribution in [0.2, 0.25) is 0 Å². The Hall–Kier alpha value is -2.77. The number of hydrogen-bond donors (Lipinski definition) is 1. The number of carbonyl (C=O) groups is 1. The fourth-order valence-electron chi connectivity index (χ4n) is 4.15. The van der Waals surface area contributed by atoms with E-state index in [0.717, 1.165) is 30.3 Å². The molecule has 0 unspecified atom stereocenters. The summed E-state index contributed by atoms with van der Waals surface area (Å²) in [4.78, 5) is 14.8. The van der Waals surface area contributed by atoms with Crippen molar-refractivity contribution < 1.29 is 27.1 Å². The number of nitrogens with one attached hydrogen (secondary N) is 1. The third-order valence-corrected chi connectivity index (χ3v) is 5.45. The lowest BCUT2D eigenvalue weighted by Crippen LogP contribution is -2.51. The minimum absolute atomic E-state index is 0.000328. The highest BCUT2D eigenvalue weighted by Crippen LogP contribution is 2.37. The van der Waals surface area contributed by atoms with Crippen LogP contribution in [0.4, 0.5) is 23.2 Å². The van der Waals surface area contributed by atoms with Crippen molar-refractivity contribution in [2.45, 2.75) is 37.5 Å². The van der Waals surface area contributed by atoms with Gasteiger partial charge in [0.1, 0.15) is 18.2 Å². The summed E-state index contributed by atoms with van der Waals surface area (Å²) in [5.41, 5.74) is -0.562. The SMILES string of the molecule is O=C(N[C@@H]1CCC[C@H]1N1CCOc2ccccc21)c1cc(F)cc(C(F)(F)F)c1. The molecule has 1 aliphatic heterocycles. The molecular weight excluding hydrogens is 388 g/mol.